The van der Waals surface area contributed by atoms with E-state index in [0.717, 1.165) is 6.42 Å². The lowest BCUT2D eigenvalue weighted by atomic mass is 10.1. The second-order valence-electron chi connectivity index (χ2n) is 3.08. The molecule has 0 rings (SSSR count). The highest BCUT2D eigenvalue weighted by molar-refractivity contribution is 5.87. The SMILES string of the molecule is C=C(C)C(=O)OC(CC)CCCO. The number of rotatable bonds is 6. The van der Waals surface area contributed by atoms with Crippen LogP contribution in [0.15, 0.2) is 12.2 Å². The minimum absolute atomic E-state index is 0.0867. The number of esters is 1. The van der Waals surface area contributed by atoms with Crippen LogP contribution >= 0.6 is 0 Å². The largest absolute Gasteiger partial charge is 0.459 e. The van der Waals surface area contributed by atoms with Gasteiger partial charge in [0, 0.05) is 12.2 Å². The third-order valence-corrected chi connectivity index (χ3v) is 1.76. The maximum atomic E-state index is 11.1. The zero-order valence-electron chi connectivity index (χ0n) is 8.38. The molecule has 0 amide bonds. The Morgan fingerprint density at radius 1 is 1.62 bits per heavy atom. The number of carbonyl (C=O) groups is 1. The minimum Gasteiger partial charge on any atom is -0.459 e. The Morgan fingerprint density at radius 3 is 2.62 bits per heavy atom. The van der Waals surface area contributed by atoms with Crippen molar-refractivity contribution in [3.8, 4) is 0 Å². The van der Waals surface area contributed by atoms with Crippen LogP contribution < -0.4 is 0 Å². The van der Waals surface area contributed by atoms with E-state index in [2.05, 4.69) is 6.58 Å². The Bertz CT molecular complexity index is 175. The van der Waals surface area contributed by atoms with E-state index in [1.54, 1.807) is 6.92 Å². The Balaban J connectivity index is 3.83. The van der Waals surface area contributed by atoms with E-state index in [4.69, 9.17) is 9.84 Å². The van der Waals surface area contributed by atoms with E-state index in [0.29, 0.717) is 18.4 Å². The number of hydrogen-bond acceptors (Lipinski definition) is 3. The summed E-state index contributed by atoms with van der Waals surface area (Å²) >= 11 is 0. The average molecular weight is 186 g/mol. The number of ether oxygens (including phenoxy) is 1. The standard InChI is InChI=1S/C10H18O3/c1-4-9(6-5-7-11)13-10(12)8(2)3/h9,11H,2,4-7H2,1,3H3. The normalized spacial score (nSPS) is 12.2. The number of aliphatic hydroxyl groups is 1. The molecule has 0 aliphatic rings. The van der Waals surface area contributed by atoms with Crippen LogP contribution in [0, 0.1) is 0 Å². The van der Waals surface area contributed by atoms with Gasteiger partial charge in [0.2, 0.25) is 0 Å². The van der Waals surface area contributed by atoms with Gasteiger partial charge in [0.1, 0.15) is 6.10 Å². The third-order valence-electron chi connectivity index (χ3n) is 1.76. The first-order valence-corrected chi connectivity index (χ1v) is 4.59. The van der Waals surface area contributed by atoms with Gasteiger partial charge in [0.15, 0.2) is 0 Å². The molecule has 0 aliphatic heterocycles. The zero-order valence-corrected chi connectivity index (χ0v) is 8.38. The summed E-state index contributed by atoms with van der Waals surface area (Å²) in [6.07, 6.45) is 2.07. The summed E-state index contributed by atoms with van der Waals surface area (Å²) in [7, 11) is 0. The lowest BCUT2D eigenvalue weighted by Crippen LogP contribution is -2.18. The molecule has 76 valence electrons. The van der Waals surface area contributed by atoms with Crippen molar-refractivity contribution in [2.24, 2.45) is 0 Å². The van der Waals surface area contributed by atoms with Crippen molar-refractivity contribution in [3.63, 3.8) is 0 Å². The predicted octanol–water partition coefficient (Wildman–Crippen LogP) is 1.66. The van der Waals surface area contributed by atoms with Gasteiger partial charge in [-0.2, -0.15) is 0 Å². The fraction of sp³-hybridized carbons (Fsp3) is 0.700. The highest BCUT2D eigenvalue weighted by Crippen LogP contribution is 2.08. The fourth-order valence-corrected chi connectivity index (χ4v) is 0.917. The monoisotopic (exact) mass is 186 g/mol. The molecule has 1 atom stereocenters. The van der Waals surface area contributed by atoms with Crippen molar-refractivity contribution in [2.75, 3.05) is 6.61 Å². The number of hydrogen-bond donors (Lipinski definition) is 1. The van der Waals surface area contributed by atoms with Crippen LogP contribution in [0.5, 0.6) is 0 Å². The summed E-state index contributed by atoms with van der Waals surface area (Å²) in [5.41, 5.74) is 0.419. The summed E-state index contributed by atoms with van der Waals surface area (Å²) in [5.74, 6) is -0.343. The Labute approximate surface area is 79.4 Å². The minimum atomic E-state index is -0.343. The lowest BCUT2D eigenvalue weighted by Gasteiger charge is -2.15. The molecule has 0 aromatic carbocycles. The summed E-state index contributed by atoms with van der Waals surface area (Å²) < 4.78 is 5.11. The molecular formula is C10H18O3. The summed E-state index contributed by atoms with van der Waals surface area (Å²) in [4.78, 5) is 11.1. The van der Waals surface area contributed by atoms with Gasteiger partial charge >= 0.3 is 5.97 Å². The fourth-order valence-electron chi connectivity index (χ4n) is 0.917. The van der Waals surface area contributed by atoms with E-state index in [9.17, 15) is 4.79 Å². The quantitative estimate of drug-likeness (QED) is 0.507. The maximum Gasteiger partial charge on any atom is 0.333 e. The van der Waals surface area contributed by atoms with Gasteiger partial charge in [-0.3, -0.25) is 0 Å². The van der Waals surface area contributed by atoms with Gasteiger partial charge < -0.3 is 9.84 Å². The second kappa shape index (κ2) is 6.66. The van der Waals surface area contributed by atoms with Crippen molar-refractivity contribution in [1.29, 1.82) is 0 Å². The average Bonchev–Trinajstić information content (AvgIpc) is 2.11. The molecule has 0 aromatic heterocycles. The predicted molar refractivity (Wildman–Crippen MR) is 51.3 cm³/mol. The molecular weight excluding hydrogens is 168 g/mol. The first-order valence-electron chi connectivity index (χ1n) is 4.59. The zero-order chi connectivity index (χ0) is 10.3. The molecule has 0 fully saturated rings. The van der Waals surface area contributed by atoms with Crippen LogP contribution in [0.2, 0.25) is 0 Å². The smallest absolute Gasteiger partial charge is 0.333 e. The number of carbonyl (C=O) groups excluding carboxylic acids is 1. The van der Waals surface area contributed by atoms with Crippen LogP contribution in [0.4, 0.5) is 0 Å². The molecule has 0 saturated heterocycles. The van der Waals surface area contributed by atoms with Crippen molar-refractivity contribution in [1.82, 2.24) is 0 Å². The first kappa shape index (κ1) is 12.2. The molecule has 0 aliphatic carbocycles. The molecule has 1 N–H and O–H groups in total. The molecule has 0 aromatic rings. The summed E-state index contributed by atoms with van der Waals surface area (Å²) in [5, 5.41) is 8.60. The molecule has 0 spiro atoms. The van der Waals surface area contributed by atoms with Gasteiger partial charge in [0.05, 0.1) is 0 Å². The van der Waals surface area contributed by atoms with E-state index >= 15 is 0 Å². The van der Waals surface area contributed by atoms with Crippen LogP contribution in [0.25, 0.3) is 0 Å². The molecule has 0 heterocycles. The molecule has 0 radical (unpaired) electrons. The molecule has 13 heavy (non-hydrogen) atoms. The molecule has 3 heteroatoms. The van der Waals surface area contributed by atoms with Crippen LogP contribution in [0.1, 0.15) is 33.1 Å². The van der Waals surface area contributed by atoms with Crippen LogP contribution in [-0.4, -0.2) is 23.8 Å². The Kier molecular flexibility index (Phi) is 6.24. The van der Waals surface area contributed by atoms with Crippen molar-refractivity contribution in [3.05, 3.63) is 12.2 Å². The van der Waals surface area contributed by atoms with E-state index in [1.165, 1.54) is 0 Å². The third kappa shape index (κ3) is 5.42. The first-order chi connectivity index (χ1) is 6.11. The maximum absolute atomic E-state index is 11.1. The van der Waals surface area contributed by atoms with Gasteiger partial charge in [-0.25, -0.2) is 4.79 Å². The second-order valence-corrected chi connectivity index (χ2v) is 3.08. The highest BCUT2D eigenvalue weighted by atomic mass is 16.5. The lowest BCUT2D eigenvalue weighted by molar-refractivity contribution is -0.144. The van der Waals surface area contributed by atoms with E-state index in [-0.39, 0.29) is 18.7 Å². The molecule has 3 nitrogen and oxygen atoms in total. The summed E-state index contributed by atoms with van der Waals surface area (Å²) in [6, 6.07) is 0. The topological polar surface area (TPSA) is 46.5 Å². The highest BCUT2D eigenvalue weighted by Gasteiger charge is 2.11. The van der Waals surface area contributed by atoms with Crippen molar-refractivity contribution >= 4 is 5.97 Å². The molecule has 1 unspecified atom stereocenters. The van der Waals surface area contributed by atoms with Crippen molar-refractivity contribution in [2.45, 2.75) is 39.2 Å². The number of aliphatic hydroxyl groups excluding tert-OH is 1. The van der Waals surface area contributed by atoms with Gasteiger partial charge in [-0.1, -0.05) is 13.5 Å². The molecule has 0 bridgehead atoms. The van der Waals surface area contributed by atoms with Crippen LogP contribution in [-0.2, 0) is 9.53 Å². The van der Waals surface area contributed by atoms with Gasteiger partial charge in [-0.05, 0) is 26.2 Å². The van der Waals surface area contributed by atoms with Crippen LogP contribution in [0.3, 0.4) is 0 Å². The van der Waals surface area contributed by atoms with Gasteiger partial charge in [0.25, 0.3) is 0 Å². The van der Waals surface area contributed by atoms with E-state index in [1.807, 2.05) is 6.92 Å². The Morgan fingerprint density at radius 2 is 2.23 bits per heavy atom. The summed E-state index contributed by atoms with van der Waals surface area (Å²) in [6.45, 7) is 7.22. The Hall–Kier alpha value is -0.830. The van der Waals surface area contributed by atoms with Gasteiger partial charge in [-0.15, -0.1) is 0 Å². The molecule has 0 saturated carbocycles. The van der Waals surface area contributed by atoms with E-state index < -0.39 is 0 Å². The van der Waals surface area contributed by atoms with Crippen molar-refractivity contribution < 1.29 is 14.6 Å².